The Kier molecular flexibility index (Phi) is 10.6. The van der Waals surface area contributed by atoms with Crippen molar-refractivity contribution in [3.63, 3.8) is 0 Å². The van der Waals surface area contributed by atoms with Gasteiger partial charge < -0.3 is 15.5 Å². The number of amides is 3. The zero-order chi connectivity index (χ0) is 18.7. The largest absolute Gasteiger partial charge is 0.354 e. The van der Waals surface area contributed by atoms with Crippen molar-refractivity contribution in [1.29, 1.82) is 0 Å². The molecule has 8 heteroatoms. The first-order chi connectivity index (χ1) is 11.2. The van der Waals surface area contributed by atoms with Crippen LogP contribution in [0.3, 0.4) is 0 Å². The lowest BCUT2D eigenvalue weighted by Crippen LogP contribution is -2.46. The number of hydrogen-bond acceptors (Lipinski definition) is 6. The molecule has 1 aliphatic heterocycles. The Morgan fingerprint density at radius 1 is 1.08 bits per heavy atom. The smallest absolute Gasteiger partial charge is 0.342 e. The highest BCUT2D eigenvalue weighted by Gasteiger charge is 2.34. The van der Waals surface area contributed by atoms with E-state index < -0.39 is 23.8 Å². The van der Waals surface area contributed by atoms with Crippen molar-refractivity contribution in [3.8, 4) is 0 Å². The summed E-state index contributed by atoms with van der Waals surface area (Å²) in [6, 6.07) is -0.805. The maximum Gasteiger partial charge on any atom is 0.354 e. The fourth-order valence-corrected chi connectivity index (χ4v) is 1.48. The zero-order valence-electron chi connectivity index (χ0n) is 15.2. The molecule has 0 radical (unpaired) electrons. The summed E-state index contributed by atoms with van der Waals surface area (Å²) >= 11 is 0. The lowest BCUT2D eigenvalue weighted by Gasteiger charge is -2.17. The Balaban J connectivity index is 0.00000118. The van der Waals surface area contributed by atoms with Crippen LogP contribution in [-0.4, -0.2) is 47.4 Å². The third kappa shape index (κ3) is 8.61. The van der Waals surface area contributed by atoms with Crippen LogP contribution >= 0.6 is 0 Å². The second-order valence-electron chi connectivity index (χ2n) is 5.82. The molecule has 1 saturated heterocycles. The Bertz CT molecular complexity index is 433. The minimum Gasteiger partial charge on any atom is -0.342 e. The standard InChI is InChI=1S/C12H19N3O5.C4H10/c1-7(2)13-6-9(16)14-8(3)12(19)20-15-10(17)4-5-11(15)18;1-3-4-2/h7-8,13H,4-6H2,1-3H3,(H,14,16);3-4H2,1-2H3. The fraction of sp³-hybridized carbons (Fsp3) is 0.750. The quantitative estimate of drug-likeness (QED) is 0.666. The summed E-state index contributed by atoms with van der Waals surface area (Å²) in [6.07, 6.45) is 2.70. The van der Waals surface area contributed by atoms with Gasteiger partial charge in [-0.1, -0.05) is 40.5 Å². The van der Waals surface area contributed by atoms with Crippen LogP contribution in [0.5, 0.6) is 0 Å². The highest BCUT2D eigenvalue weighted by molar-refractivity contribution is 6.01. The van der Waals surface area contributed by atoms with Crippen molar-refractivity contribution in [2.45, 2.75) is 72.4 Å². The molecule has 1 fully saturated rings. The van der Waals surface area contributed by atoms with Crippen LogP contribution < -0.4 is 10.6 Å². The lowest BCUT2D eigenvalue weighted by atomic mass is 10.3. The summed E-state index contributed by atoms with van der Waals surface area (Å²) in [7, 11) is 0. The Morgan fingerprint density at radius 3 is 2.00 bits per heavy atom. The molecule has 0 saturated carbocycles. The van der Waals surface area contributed by atoms with Gasteiger partial charge >= 0.3 is 5.97 Å². The third-order valence-corrected chi connectivity index (χ3v) is 3.09. The SMILES string of the molecule is CC(C)NCC(=O)NC(C)C(=O)ON1C(=O)CCC1=O.CCCC. The molecule has 0 aliphatic carbocycles. The molecule has 1 aliphatic rings. The van der Waals surface area contributed by atoms with Gasteiger partial charge in [0, 0.05) is 18.9 Å². The van der Waals surface area contributed by atoms with Gasteiger partial charge in [0.25, 0.3) is 11.8 Å². The molecule has 0 aromatic carbocycles. The van der Waals surface area contributed by atoms with E-state index in [-0.39, 0.29) is 31.3 Å². The molecule has 24 heavy (non-hydrogen) atoms. The van der Waals surface area contributed by atoms with Crippen LogP contribution in [0.1, 0.15) is 60.3 Å². The number of hydrogen-bond donors (Lipinski definition) is 2. The predicted octanol–water partition coefficient (Wildman–Crippen LogP) is 0.903. The first kappa shape index (κ1) is 22.0. The second-order valence-corrected chi connectivity index (χ2v) is 5.82. The van der Waals surface area contributed by atoms with Crippen molar-refractivity contribution >= 4 is 23.7 Å². The molecule has 8 nitrogen and oxygen atoms in total. The van der Waals surface area contributed by atoms with Crippen LogP contribution in [0.25, 0.3) is 0 Å². The van der Waals surface area contributed by atoms with Crippen molar-refractivity contribution in [2.24, 2.45) is 0 Å². The fourth-order valence-electron chi connectivity index (χ4n) is 1.48. The van der Waals surface area contributed by atoms with Gasteiger partial charge in [-0.15, -0.1) is 5.06 Å². The molecule has 1 rings (SSSR count). The molecule has 1 atom stereocenters. The third-order valence-electron chi connectivity index (χ3n) is 3.09. The molecule has 3 amide bonds. The second kappa shape index (κ2) is 11.6. The predicted molar refractivity (Wildman–Crippen MR) is 88.5 cm³/mol. The van der Waals surface area contributed by atoms with E-state index in [2.05, 4.69) is 29.3 Å². The average Bonchev–Trinajstić information content (AvgIpc) is 2.84. The lowest BCUT2D eigenvalue weighted by molar-refractivity contribution is -0.198. The van der Waals surface area contributed by atoms with E-state index in [9.17, 15) is 19.2 Å². The van der Waals surface area contributed by atoms with Gasteiger partial charge in [-0.3, -0.25) is 14.4 Å². The van der Waals surface area contributed by atoms with Crippen LogP contribution in [0, 0.1) is 0 Å². The van der Waals surface area contributed by atoms with E-state index in [1.165, 1.54) is 19.8 Å². The summed E-state index contributed by atoms with van der Waals surface area (Å²) in [5.74, 6) is -2.33. The van der Waals surface area contributed by atoms with Crippen molar-refractivity contribution in [3.05, 3.63) is 0 Å². The first-order valence-electron chi connectivity index (χ1n) is 8.33. The normalized spacial score (nSPS) is 15.0. The molecule has 0 bridgehead atoms. The van der Waals surface area contributed by atoms with Crippen molar-refractivity contribution < 1.29 is 24.0 Å². The number of carbonyl (C=O) groups is 4. The maximum atomic E-state index is 11.7. The van der Waals surface area contributed by atoms with Crippen LogP contribution in [0.15, 0.2) is 0 Å². The summed E-state index contributed by atoms with van der Waals surface area (Å²) in [5.41, 5.74) is 0. The van der Waals surface area contributed by atoms with E-state index in [0.29, 0.717) is 5.06 Å². The van der Waals surface area contributed by atoms with Gasteiger partial charge in [0.15, 0.2) is 0 Å². The molecule has 1 unspecified atom stereocenters. The highest BCUT2D eigenvalue weighted by atomic mass is 16.7. The van der Waals surface area contributed by atoms with Crippen molar-refractivity contribution in [2.75, 3.05) is 6.54 Å². The van der Waals surface area contributed by atoms with E-state index in [1.807, 2.05) is 13.8 Å². The number of nitrogens with zero attached hydrogens (tertiary/aromatic N) is 1. The minimum absolute atomic E-state index is 0.0329. The summed E-state index contributed by atoms with van der Waals surface area (Å²) in [4.78, 5) is 50.4. The summed E-state index contributed by atoms with van der Waals surface area (Å²) < 4.78 is 0. The van der Waals surface area contributed by atoms with Gasteiger partial charge in [-0.05, 0) is 6.92 Å². The number of imide groups is 1. The molecular weight excluding hydrogens is 314 g/mol. The topological polar surface area (TPSA) is 105 Å². The van der Waals surface area contributed by atoms with Crippen LogP contribution in [0.4, 0.5) is 0 Å². The maximum absolute atomic E-state index is 11.7. The van der Waals surface area contributed by atoms with Crippen molar-refractivity contribution in [1.82, 2.24) is 15.7 Å². The van der Waals surface area contributed by atoms with Gasteiger partial charge in [0.1, 0.15) is 6.04 Å². The number of carbonyl (C=O) groups excluding carboxylic acids is 4. The molecule has 138 valence electrons. The first-order valence-corrected chi connectivity index (χ1v) is 8.33. The van der Waals surface area contributed by atoms with Gasteiger partial charge in [0.2, 0.25) is 5.91 Å². The van der Waals surface area contributed by atoms with Crippen LogP contribution in [-0.2, 0) is 24.0 Å². The highest BCUT2D eigenvalue weighted by Crippen LogP contribution is 2.12. The molecule has 1 heterocycles. The Hall–Kier alpha value is -1.96. The van der Waals surface area contributed by atoms with Gasteiger partial charge in [0.05, 0.1) is 6.54 Å². The van der Waals surface area contributed by atoms with Gasteiger partial charge in [-0.2, -0.15) is 0 Å². The van der Waals surface area contributed by atoms with Gasteiger partial charge in [-0.25, -0.2) is 4.79 Å². The molecular formula is C16H29N3O5. The number of hydroxylamine groups is 2. The molecule has 0 aromatic rings. The minimum atomic E-state index is -0.947. The number of nitrogens with one attached hydrogen (secondary N) is 2. The Labute approximate surface area is 143 Å². The summed E-state index contributed by atoms with van der Waals surface area (Å²) in [6.45, 7) is 9.61. The monoisotopic (exact) mass is 343 g/mol. The van der Waals surface area contributed by atoms with E-state index >= 15 is 0 Å². The Morgan fingerprint density at radius 2 is 1.58 bits per heavy atom. The molecule has 0 spiro atoms. The van der Waals surface area contributed by atoms with E-state index in [1.54, 1.807) is 0 Å². The number of unbranched alkanes of at least 4 members (excludes halogenated alkanes) is 1. The molecule has 0 aromatic heterocycles. The van der Waals surface area contributed by atoms with E-state index in [0.717, 1.165) is 0 Å². The zero-order valence-corrected chi connectivity index (χ0v) is 15.2. The summed E-state index contributed by atoms with van der Waals surface area (Å²) in [5, 5.41) is 5.76. The van der Waals surface area contributed by atoms with Crippen LogP contribution in [0.2, 0.25) is 0 Å². The number of rotatable bonds is 7. The molecule has 2 N–H and O–H groups in total. The average molecular weight is 343 g/mol. The van der Waals surface area contributed by atoms with E-state index in [4.69, 9.17) is 0 Å².